The van der Waals surface area contributed by atoms with E-state index in [2.05, 4.69) is 9.97 Å². The van der Waals surface area contributed by atoms with Crippen LogP contribution in [0.3, 0.4) is 0 Å². The zero-order chi connectivity index (χ0) is 32.0. The highest BCUT2D eigenvalue weighted by Crippen LogP contribution is 2.20. The number of aromatic nitrogens is 2. The van der Waals surface area contributed by atoms with E-state index < -0.39 is 44.4 Å². The van der Waals surface area contributed by atoms with Gasteiger partial charge in [0.25, 0.3) is 0 Å². The smallest absolute Gasteiger partial charge is 0.357 e. The number of benzene rings is 2. The number of carbonyl (C=O) groups is 2. The van der Waals surface area contributed by atoms with Crippen molar-refractivity contribution >= 4 is 34.9 Å². The number of carboxylic acid groups (broad SMARTS) is 2. The van der Waals surface area contributed by atoms with E-state index >= 15 is 0 Å². The largest absolute Gasteiger partial charge is 0.872 e. The Labute approximate surface area is 234 Å². The van der Waals surface area contributed by atoms with E-state index in [1.165, 1.54) is 36.7 Å². The lowest BCUT2D eigenvalue weighted by atomic mass is 10.2. The molecule has 4 rings (SSSR count). The van der Waals surface area contributed by atoms with Crippen LogP contribution in [0.1, 0.15) is 20.7 Å². The summed E-state index contributed by atoms with van der Waals surface area (Å²) in [5.74, 6) is -4.15. The molecule has 18 nitrogen and oxygen atoms in total. The second-order valence-electron chi connectivity index (χ2n) is 7.42. The highest BCUT2D eigenvalue weighted by Gasteiger charge is 2.15. The van der Waals surface area contributed by atoms with Crippen molar-refractivity contribution in [3.63, 3.8) is 0 Å². The molecule has 0 aliphatic rings. The second kappa shape index (κ2) is 15.6. The molecule has 4 aromatic rings. The first kappa shape index (κ1) is 33.3. The zero-order valence-corrected chi connectivity index (χ0v) is 21.0. The number of nitrogens with one attached hydrogen (secondary N) is 2. The molecule has 10 N–H and O–H groups in total. The van der Waals surface area contributed by atoms with Crippen LogP contribution >= 0.6 is 0 Å². The van der Waals surface area contributed by atoms with E-state index in [0.29, 0.717) is 0 Å². The fourth-order valence-corrected chi connectivity index (χ4v) is 2.57. The van der Waals surface area contributed by atoms with Crippen LogP contribution in [-0.4, -0.2) is 42.2 Å². The maximum absolute atomic E-state index is 10.7. The van der Waals surface area contributed by atoms with Crippen molar-refractivity contribution in [2.75, 3.05) is 11.5 Å². The number of hydrogen-bond acceptors (Lipinski definition) is 12. The molecule has 0 fully saturated rings. The molecule has 0 saturated heterocycles. The van der Waals surface area contributed by atoms with Crippen molar-refractivity contribution in [3.8, 4) is 23.0 Å². The van der Waals surface area contributed by atoms with E-state index in [1.54, 1.807) is 0 Å². The number of anilines is 2. The minimum Gasteiger partial charge on any atom is -0.872 e. The van der Waals surface area contributed by atoms with Crippen molar-refractivity contribution in [1.29, 1.82) is 0 Å². The van der Waals surface area contributed by atoms with Crippen molar-refractivity contribution in [2.24, 2.45) is 0 Å². The SMILES string of the molecule is Nc1[nH+]cccc1[N+](=O)[O-].Nc1[nH+]cccc1[N+](=O)[O-].O=C(O)c1cc(O)ccc1[O-].O=C(O)c1cc(O)ccc1[O-]. The number of aromatic hydroxyl groups is 2. The van der Waals surface area contributed by atoms with E-state index in [4.69, 9.17) is 31.9 Å². The summed E-state index contributed by atoms with van der Waals surface area (Å²) < 4.78 is 0. The number of nitrogens with two attached hydrogens (primary N) is 2. The van der Waals surface area contributed by atoms with Gasteiger partial charge in [0.2, 0.25) is 0 Å². The number of nitrogens with zero attached hydrogens (tertiary/aromatic N) is 2. The minimum absolute atomic E-state index is 0.0764. The van der Waals surface area contributed by atoms with Crippen molar-refractivity contribution in [3.05, 3.63) is 104 Å². The van der Waals surface area contributed by atoms with Gasteiger partial charge in [-0.25, -0.2) is 19.6 Å². The number of rotatable bonds is 4. The predicted molar refractivity (Wildman–Crippen MR) is 137 cm³/mol. The van der Waals surface area contributed by atoms with E-state index in [1.807, 2.05) is 0 Å². The Bertz CT molecular complexity index is 1460. The molecule has 2 aromatic carbocycles. The maximum atomic E-state index is 10.7. The first-order valence-electron chi connectivity index (χ1n) is 10.9. The molecule has 220 valence electrons. The number of phenols is 2. The third-order valence-electron chi connectivity index (χ3n) is 4.51. The summed E-state index contributed by atoms with van der Waals surface area (Å²) in [5, 5.41) is 76.0. The molecule has 0 unspecified atom stereocenters. The molecule has 18 heteroatoms. The highest BCUT2D eigenvalue weighted by molar-refractivity contribution is 5.91. The van der Waals surface area contributed by atoms with Gasteiger partial charge < -0.3 is 30.6 Å². The summed E-state index contributed by atoms with van der Waals surface area (Å²) >= 11 is 0. The fraction of sp³-hybridized carbons (Fsp3) is 0. The van der Waals surface area contributed by atoms with Crippen LogP contribution < -0.4 is 31.6 Å². The van der Waals surface area contributed by atoms with Crippen LogP contribution in [0, 0.1) is 20.2 Å². The van der Waals surface area contributed by atoms with E-state index in [9.17, 15) is 40.0 Å². The Balaban J connectivity index is 0.000000280. The van der Waals surface area contributed by atoms with E-state index in [0.717, 1.165) is 36.4 Å². The Kier molecular flexibility index (Phi) is 12.4. The molecule has 0 saturated carbocycles. The molecule has 0 bridgehead atoms. The summed E-state index contributed by atoms with van der Waals surface area (Å²) in [4.78, 5) is 44.7. The van der Waals surface area contributed by atoms with Gasteiger partial charge in [-0.15, -0.1) is 0 Å². The van der Waals surface area contributed by atoms with Crippen LogP contribution in [-0.2, 0) is 0 Å². The lowest BCUT2D eigenvalue weighted by molar-refractivity contribution is -0.409. The Morgan fingerprint density at radius 1 is 0.667 bits per heavy atom. The fourth-order valence-electron chi connectivity index (χ4n) is 2.57. The first-order valence-corrected chi connectivity index (χ1v) is 10.9. The van der Waals surface area contributed by atoms with Crippen LogP contribution in [0.4, 0.5) is 23.0 Å². The molecule has 42 heavy (non-hydrogen) atoms. The minimum atomic E-state index is -1.33. The van der Waals surface area contributed by atoms with Gasteiger partial charge in [-0.1, -0.05) is 23.6 Å². The van der Waals surface area contributed by atoms with Crippen molar-refractivity contribution in [2.45, 2.75) is 0 Å². The molecule has 0 aliphatic carbocycles. The number of aromatic amines is 2. The number of nitrogen functional groups attached to an aromatic ring is 2. The summed E-state index contributed by atoms with van der Waals surface area (Å²) in [7, 11) is 0. The van der Waals surface area contributed by atoms with Crippen LogP contribution in [0.15, 0.2) is 73.1 Å². The van der Waals surface area contributed by atoms with Gasteiger partial charge in [0.15, 0.2) is 0 Å². The lowest BCUT2D eigenvalue weighted by Gasteiger charge is -2.08. The molecule has 0 atom stereocenters. The number of carboxylic acids is 2. The third kappa shape index (κ3) is 10.6. The van der Waals surface area contributed by atoms with Gasteiger partial charge in [-0.05, 0) is 36.4 Å². The normalized spacial score (nSPS) is 9.33. The summed E-state index contributed by atoms with van der Waals surface area (Å²) in [6.07, 6.45) is 3.06. The number of phenolic OH excluding ortho intramolecular Hbond substituents is 2. The molecular formula is C24H22N6O12. The first-order chi connectivity index (χ1) is 19.6. The van der Waals surface area contributed by atoms with Gasteiger partial charge in [-0.2, -0.15) is 0 Å². The number of H-pyrrole nitrogens is 2. The zero-order valence-electron chi connectivity index (χ0n) is 21.0. The average molecular weight is 586 g/mol. The second-order valence-corrected chi connectivity index (χ2v) is 7.42. The van der Waals surface area contributed by atoms with Crippen LogP contribution in [0.2, 0.25) is 0 Å². The summed E-state index contributed by atoms with van der Waals surface area (Å²) in [5.41, 5.74) is 9.43. The lowest BCUT2D eigenvalue weighted by Crippen LogP contribution is -2.11. The van der Waals surface area contributed by atoms with E-state index in [-0.39, 0.29) is 34.5 Å². The molecule has 0 radical (unpaired) electrons. The number of hydrogen-bond donors (Lipinski definition) is 6. The molecular weight excluding hydrogens is 564 g/mol. The van der Waals surface area contributed by atoms with Crippen molar-refractivity contribution in [1.82, 2.24) is 0 Å². The van der Waals surface area contributed by atoms with Crippen molar-refractivity contribution < 1.29 is 60.0 Å². The topological polar surface area (TPSA) is 328 Å². The van der Waals surface area contributed by atoms with Gasteiger partial charge in [0, 0.05) is 12.1 Å². The quantitative estimate of drug-likeness (QED) is 0.138. The van der Waals surface area contributed by atoms with Crippen LogP contribution in [0.25, 0.3) is 0 Å². The Hall–Kier alpha value is -6.72. The number of nitro groups is 2. The molecule has 0 amide bonds. The molecule has 2 heterocycles. The molecule has 0 aliphatic heterocycles. The monoisotopic (exact) mass is 586 g/mol. The predicted octanol–water partition coefficient (Wildman–Crippen LogP) is 0.310. The number of pyridine rings is 2. The highest BCUT2D eigenvalue weighted by atomic mass is 16.6. The van der Waals surface area contributed by atoms with Gasteiger partial charge >= 0.3 is 34.9 Å². The van der Waals surface area contributed by atoms with Gasteiger partial charge in [0.05, 0.1) is 33.4 Å². The summed E-state index contributed by atoms with van der Waals surface area (Å²) in [6.45, 7) is 0. The van der Waals surface area contributed by atoms with Gasteiger partial charge in [-0.3, -0.25) is 31.7 Å². The average Bonchev–Trinajstić information content (AvgIpc) is 2.92. The Morgan fingerprint density at radius 2 is 1.00 bits per heavy atom. The van der Waals surface area contributed by atoms with Gasteiger partial charge in [0.1, 0.15) is 11.5 Å². The molecule has 0 spiro atoms. The molecule has 2 aromatic heterocycles. The number of aromatic carboxylic acids is 2. The third-order valence-corrected chi connectivity index (χ3v) is 4.51. The summed E-state index contributed by atoms with van der Waals surface area (Å²) in [6, 6.07) is 11.9. The maximum Gasteiger partial charge on any atom is 0.357 e. The van der Waals surface area contributed by atoms with Crippen LogP contribution in [0.5, 0.6) is 23.0 Å². The Morgan fingerprint density at radius 3 is 1.21 bits per heavy atom. The standard InChI is InChI=1S/2C7H6O4.2C5H5N3O2/c2*8-4-1-2-6(9)5(3-4)7(10)11;2*6-5-4(8(9)10)2-1-3-7-5/h2*1-3,8-9H,(H,10,11);2*1-3H,(H2,6,7).